The lowest BCUT2D eigenvalue weighted by atomic mass is 10.0. The second kappa shape index (κ2) is 6.39. The van der Waals surface area contributed by atoms with Crippen molar-refractivity contribution in [1.82, 2.24) is 20.3 Å². The van der Waals surface area contributed by atoms with E-state index in [0.29, 0.717) is 17.8 Å². The number of hydrogen-bond acceptors (Lipinski definition) is 3. The molecule has 5 nitrogen and oxygen atoms in total. The fourth-order valence-electron chi connectivity index (χ4n) is 2.31. The summed E-state index contributed by atoms with van der Waals surface area (Å²) in [5.41, 5.74) is 4.16. The number of imidazole rings is 1. The molecule has 112 valence electrons. The van der Waals surface area contributed by atoms with Gasteiger partial charge in [0.05, 0.1) is 11.8 Å². The number of amides is 1. The molecule has 0 spiro atoms. The summed E-state index contributed by atoms with van der Waals surface area (Å²) in [6.45, 7) is 2.81. The number of aromatic amines is 1. The highest BCUT2D eigenvalue weighted by Gasteiger charge is 2.08. The maximum absolute atomic E-state index is 12.1. The molecule has 2 N–H and O–H groups in total. The van der Waals surface area contributed by atoms with Crippen molar-refractivity contribution in [3.05, 3.63) is 48.4 Å². The van der Waals surface area contributed by atoms with Crippen LogP contribution in [0.25, 0.3) is 22.3 Å². The number of nitrogens with zero attached hydrogens (tertiary/aromatic N) is 2. The van der Waals surface area contributed by atoms with Gasteiger partial charge >= 0.3 is 0 Å². The summed E-state index contributed by atoms with van der Waals surface area (Å²) in [5, 5.41) is 2.93. The quantitative estimate of drug-likeness (QED) is 0.710. The van der Waals surface area contributed by atoms with Crippen LogP contribution in [0.4, 0.5) is 0 Å². The molecule has 3 rings (SSSR count). The van der Waals surface area contributed by atoms with Crippen LogP contribution in [0.15, 0.2) is 42.9 Å². The summed E-state index contributed by atoms with van der Waals surface area (Å²) >= 11 is 0. The molecule has 22 heavy (non-hydrogen) atoms. The minimum Gasteiger partial charge on any atom is -0.352 e. The summed E-state index contributed by atoms with van der Waals surface area (Å²) in [6.07, 6.45) is 5.46. The molecule has 1 aromatic carbocycles. The van der Waals surface area contributed by atoms with E-state index in [4.69, 9.17) is 0 Å². The number of aromatic nitrogens is 3. The normalized spacial score (nSPS) is 10.8. The van der Waals surface area contributed by atoms with E-state index in [1.165, 1.54) is 0 Å². The van der Waals surface area contributed by atoms with Crippen LogP contribution in [0.5, 0.6) is 0 Å². The van der Waals surface area contributed by atoms with E-state index in [9.17, 15) is 4.79 Å². The van der Waals surface area contributed by atoms with Crippen LogP contribution >= 0.6 is 0 Å². The smallest absolute Gasteiger partial charge is 0.251 e. The number of nitrogens with one attached hydrogen (secondary N) is 2. The number of hydrogen-bond donors (Lipinski definition) is 2. The van der Waals surface area contributed by atoms with Crippen LogP contribution in [0.2, 0.25) is 0 Å². The number of unbranched alkanes of at least 4 members (excludes halogenated alkanes) is 1. The highest BCUT2D eigenvalue weighted by atomic mass is 16.1. The SMILES string of the molecule is CCCCNC(=O)c1cccc(-c2cnc3nc[nH]c3c2)c1. The van der Waals surface area contributed by atoms with Crippen molar-refractivity contribution in [2.75, 3.05) is 6.54 Å². The van der Waals surface area contributed by atoms with Crippen LogP contribution in [-0.2, 0) is 0 Å². The molecule has 0 saturated heterocycles. The fraction of sp³-hybridized carbons (Fsp3) is 0.235. The Morgan fingerprint density at radius 2 is 2.14 bits per heavy atom. The molecule has 0 fully saturated rings. The Kier molecular flexibility index (Phi) is 4.14. The van der Waals surface area contributed by atoms with Gasteiger partial charge in [-0.05, 0) is 30.2 Å². The number of carbonyl (C=O) groups excluding carboxylic acids is 1. The van der Waals surface area contributed by atoms with E-state index in [2.05, 4.69) is 27.2 Å². The molecule has 0 radical (unpaired) electrons. The summed E-state index contributed by atoms with van der Waals surface area (Å²) < 4.78 is 0. The Labute approximate surface area is 128 Å². The van der Waals surface area contributed by atoms with Gasteiger partial charge in [-0.25, -0.2) is 9.97 Å². The molecule has 0 aliphatic carbocycles. The van der Waals surface area contributed by atoms with Crippen molar-refractivity contribution in [2.45, 2.75) is 19.8 Å². The van der Waals surface area contributed by atoms with Gasteiger partial charge in [-0.2, -0.15) is 0 Å². The van der Waals surface area contributed by atoms with Crippen LogP contribution in [0.1, 0.15) is 30.1 Å². The third-order valence-corrected chi connectivity index (χ3v) is 3.55. The predicted octanol–water partition coefficient (Wildman–Crippen LogP) is 3.15. The van der Waals surface area contributed by atoms with Crippen molar-refractivity contribution in [2.24, 2.45) is 0 Å². The van der Waals surface area contributed by atoms with Gasteiger partial charge in [0.15, 0.2) is 5.65 Å². The summed E-state index contributed by atoms with van der Waals surface area (Å²) in [4.78, 5) is 23.6. The van der Waals surface area contributed by atoms with Gasteiger partial charge in [0.25, 0.3) is 5.91 Å². The Hall–Kier alpha value is -2.69. The van der Waals surface area contributed by atoms with Crippen molar-refractivity contribution >= 4 is 17.1 Å². The number of carbonyl (C=O) groups is 1. The molecule has 0 aliphatic heterocycles. The Bertz CT molecular complexity index is 794. The molecular formula is C17H18N4O. The lowest BCUT2D eigenvalue weighted by Crippen LogP contribution is -2.24. The molecule has 2 heterocycles. The van der Waals surface area contributed by atoms with Gasteiger partial charge in [-0.3, -0.25) is 4.79 Å². The van der Waals surface area contributed by atoms with Gasteiger partial charge in [-0.15, -0.1) is 0 Å². The van der Waals surface area contributed by atoms with Gasteiger partial charge in [0, 0.05) is 23.9 Å². The van der Waals surface area contributed by atoms with E-state index in [0.717, 1.165) is 29.5 Å². The second-order valence-corrected chi connectivity index (χ2v) is 5.19. The Morgan fingerprint density at radius 1 is 1.23 bits per heavy atom. The first-order valence-corrected chi connectivity index (χ1v) is 7.45. The zero-order chi connectivity index (χ0) is 15.4. The lowest BCUT2D eigenvalue weighted by molar-refractivity contribution is 0.0953. The number of fused-ring (bicyclic) bond motifs is 1. The second-order valence-electron chi connectivity index (χ2n) is 5.19. The monoisotopic (exact) mass is 294 g/mol. The molecular weight excluding hydrogens is 276 g/mol. The summed E-state index contributed by atoms with van der Waals surface area (Å²) in [5.74, 6) is -0.0362. The minimum atomic E-state index is -0.0362. The predicted molar refractivity (Wildman–Crippen MR) is 86.6 cm³/mol. The van der Waals surface area contributed by atoms with E-state index in [1.54, 1.807) is 12.5 Å². The van der Waals surface area contributed by atoms with Crippen molar-refractivity contribution in [3.63, 3.8) is 0 Å². The standard InChI is InChI=1S/C17H18N4O/c1-2-3-7-18-17(22)13-6-4-5-12(8-13)14-9-15-16(19-10-14)21-11-20-15/h4-6,8-11H,2-3,7H2,1H3,(H,18,22)(H,19,20,21). The zero-order valence-corrected chi connectivity index (χ0v) is 12.5. The number of H-pyrrole nitrogens is 1. The first-order valence-electron chi connectivity index (χ1n) is 7.45. The number of benzene rings is 1. The van der Waals surface area contributed by atoms with Crippen molar-refractivity contribution < 1.29 is 4.79 Å². The maximum Gasteiger partial charge on any atom is 0.251 e. The van der Waals surface area contributed by atoms with Gasteiger partial charge in [-0.1, -0.05) is 25.5 Å². The third kappa shape index (κ3) is 2.98. The average molecular weight is 294 g/mol. The maximum atomic E-state index is 12.1. The average Bonchev–Trinajstić information content (AvgIpc) is 3.02. The third-order valence-electron chi connectivity index (χ3n) is 3.55. The van der Waals surface area contributed by atoms with Gasteiger partial charge in [0.1, 0.15) is 0 Å². The molecule has 5 heteroatoms. The highest BCUT2D eigenvalue weighted by Crippen LogP contribution is 2.22. The van der Waals surface area contributed by atoms with Gasteiger partial charge < -0.3 is 10.3 Å². The number of rotatable bonds is 5. The van der Waals surface area contributed by atoms with Crippen LogP contribution < -0.4 is 5.32 Å². The molecule has 0 saturated carbocycles. The summed E-state index contributed by atoms with van der Waals surface area (Å²) in [7, 11) is 0. The Morgan fingerprint density at radius 3 is 3.00 bits per heavy atom. The highest BCUT2D eigenvalue weighted by molar-refractivity contribution is 5.95. The largest absolute Gasteiger partial charge is 0.352 e. The first kappa shape index (κ1) is 14.3. The van der Waals surface area contributed by atoms with Crippen molar-refractivity contribution in [1.29, 1.82) is 0 Å². The van der Waals surface area contributed by atoms with Gasteiger partial charge in [0.2, 0.25) is 0 Å². The summed E-state index contributed by atoms with van der Waals surface area (Å²) in [6, 6.07) is 9.57. The van der Waals surface area contributed by atoms with Crippen LogP contribution in [-0.4, -0.2) is 27.4 Å². The van der Waals surface area contributed by atoms with E-state index in [-0.39, 0.29) is 5.91 Å². The molecule has 0 atom stereocenters. The van der Waals surface area contributed by atoms with Crippen LogP contribution in [0.3, 0.4) is 0 Å². The van der Waals surface area contributed by atoms with Crippen molar-refractivity contribution in [3.8, 4) is 11.1 Å². The molecule has 3 aromatic rings. The van der Waals surface area contributed by atoms with E-state index < -0.39 is 0 Å². The molecule has 0 bridgehead atoms. The minimum absolute atomic E-state index is 0.0362. The van der Waals surface area contributed by atoms with E-state index in [1.807, 2.05) is 30.3 Å². The first-order chi connectivity index (χ1) is 10.8. The zero-order valence-electron chi connectivity index (χ0n) is 12.5. The Balaban J connectivity index is 1.85. The molecule has 2 aromatic heterocycles. The fourth-order valence-corrected chi connectivity index (χ4v) is 2.31. The van der Waals surface area contributed by atoms with Crippen LogP contribution in [0, 0.1) is 0 Å². The lowest BCUT2D eigenvalue weighted by Gasteiger charge is -2.07. The van der Waals surface area contributed by atoms with E-state index >= 15 is 0 Å². The topological polar surface area (TPSA) is 70.7 Å². The molecule has 1 amide bonds. The number of pyridine rings is 1. The molecule has 0 aliphatic rings. The molecule has 0 unspecified atom stereocenters.